The Morgan fingerprint density at radius 3 is 2.55 bits per heavy atom. The number of hydrogen-bond donors (Lipinski definition) is 0. The zero-order valence-electron chi connectivity index (χ0n) is 6.19. The summed E-state index contributed by atoms with van der Waals surface area (Å²) in [5, 5.41) is 0. The predicted octanol–water partition coefficient (Wildman–Crippen LogP) is 1.81. The largest absolute Gasteiger partial charge is 0.465 e. The van der Waals surface area contributed by atoms with Gasteiger partial charge in [0.1, 0.15) is 5.75 Å². The summed E-state index contributed by atoms with van der Waals surface area (Å²) in [4.78, 5) is 0. The van der Waals surface area contributed by atoms with Crippen LogP contribution in [0.2, 0.25) is 0 Å². The van der Waals surface area contributed by atoms with Crippen LogP contribution in [0.4, 0.5) is 0 Å². The zero-order chi connectivity index (χ0) is 7.52. The Morgan fingerprint density at radius 1 is 1.27 bits per heavy atom. The molecule has 0 spiro atoms. The number of ether oxygens (including phenoxy) is 2. The van der Waals surface area contributed by atoms with Crippen molar-refractivity contribution >= 4 is 0 Å². The molecule has 1 heterocycles. The summed E-state index contributed by atoms with van der Waals surface area (Å²) in [5.74, 6) is 0.886. The molecule has 58 valence electrons. The lowest BCUT2D eigenvalue weighted by Gasteiger charge is -2.26. The highest BCUT2D eigenvalue weighted by molar-refractivity contribution is 5.21. The maximum Gasteiger partial charge on any atom is 0.202 e. The summed E-state index contributed by atoms with van der Waals surface area (Å²) in [5.41, 5.74) is 0. The fourth-order valence-electron chi connectivity index (χ4n) is 0.958. The van der Waals surface area contributed by atoms with Crippen molar-refractivity contribution in [3.8, 4) is 5.75 Å². The van der Waals surface area contributed by atoms with Gasteiger partial charge >= 0.3 is 0 Å². The lowest BCUT2D eigenvalue weighted by Crippen LogP contribution is -2.32. The average Bonchev–Trinajstić information content (AvgIpc) is 1.99. The summed E-state index contributed by atoms with van der Waals surface area (Å²) >= 11 is 0. The fourth-order valence-corrected chi connectivity index (χ4v) is 0.958. The van der Waals surface area contributed by atoms with Gasteiger partial charge in [0.25, 0.3) is 0 Å². The molecule has 0 N–H and O–H groups in total. The number of rotatable bonds is 2. The van der Waals surface area contributed by atoms with Crippen LogP contribution in [0.1, 0.15) is 6.42 Å². The van der Waals surface area contributed by atoms with E-state index in [2.05, 4.69) is 0 Å². The highest BCUT2D eigenvalue weighted by Gasteiger charge is 2.19. The van der Waals surface area contributed by atoms with Crippen LogP contribution < -0.4 is 4.74 Å². The van der Waals surface area contributed by atoms with Gasteiger partial charge in [0.15, 0.2) is 0 Å². The van der Waals surface area contributed by atoms with Crippen LogP contribution in [0.5, 0.6) is 5.75 Å². The first-order valence-electron chi connectivity index (χ1n) is 3.78. The summed E-state index contributed by atoms with van der Waals surface area (Å²) in [6, 6.07) is 9.74. The zero-order valence-corrected chi connectivity index (χ0v) is 6.19. The molecule has 2 nitrogen and oxygen atoms in total. The number of benzene rings is 1. The number of para-hydroxylation sites is 1. The molecule has 0 aromatic heterocycles. The minimum atomic E-state index is -0.00241. The van der Waals surface area contributed by atoms with Crippen molar-refractivity contribution in [3.63, 3.8) is 0 Å². The minimum Gasteiger partial charge on any atom is -0.465 e. The van der Waals surface area contributed by atoms with E-state index in [1.165, 1.54) is 0 Å². The molecular weight excluding hydrogens is 140 g/mol. The Bertz CT molecular complexity index is 216. The van der Waals surface area contributed by atoms with Crippen LogP contribution >= 0.6 is 0 Å². The molecular formula is C9H10O2. The second kappa shape index (κ2) is 2.93. The van der Waals surface area contributed by atoms with E-state index in [0.29, 0.717) is 0 Å². The highest BCUT2D eigenvalue weighted by atomic mass is 16.7. The average molecular weight is 150 g/mol. The van der Waals surface area contributed by atoms with Crippen LogP contribution in [0.15, 0.2) is 30.3 Å². The van der Waals surface area contributed by atoms with Gasteiger partial charge in [0.05, 0.1) is 6.61 Å². The molecule has 1 fully saturated rings. The Kier molecular flexibility index (Phi) is 1.78. The fraction of sp³-hybridized carbons (Fsp3) is 0.333. The Labute approximate surface area is 65.7 Å². The molecule has 1 aliphatic heterocycles. The predicted molar refractivity (Wildman–Crippen MR) is 41.4 cm³/mol. The molecule has 0 bridgehead atoms. The van der Waals surface area contributed by atoms with E-state index in [1.807, 2.05) is 30.3 Å². The smallest absolute Gasteiger partial charge is 0.202 e. The molecule has 0 aliphatic carbocycles. The third kappa shape index (κ3) is 1.52. The molecule has 2 rings (SSSR count). The SMILES string of the molecule is c1ccc(OC2CCO2)cc1. The van der Waals surface area contributed by atoms with Gasteiger partial charge in [-0.1, -0.05) is 18.2 Å². The maximum atomic E-state index is 5.43. The summed E-state index contributed by atoms with van der Waals surface area (Å²) < 4.78 is 10.5. The van der Waals surface area contributed by atoms with Gasteiger partial charge in [-0.2, -0.15) is 0 Å². The van der Waals surface area contributed by atoms with Crippen molar-refractivity contribution < 1.29 is 9.47 Å². The molecule has 0 amide bonds. The molecule has 1 unspecified atom stereocenters. The summed E-state index contributed by atoms with van der Waals surface area (Å²) in [6.07, 6.45) is 1.01. The molecule has 1 aromatic rings. The van der Waals surface area contributed by atoms with Crippen molar-refractivity contribution in [3.05, 3.63) is 30.3 Å². The van der Waals surface area contributed by atoms with E-state index in [1.54, 1.807) is 0 Å². The summed E-state index contributed by atoms with van der Waals surface area (Å²) in [7, 11) is 0. The van der Waals surface area contributed by atoms with E-state index >= 15 is 0 Å². The topological polar surface area (TPSA) is 18.5 Å². The van der Waals surface area contributed by atoms with Gasteiger partial charge in [0, 0.05) is 6.42 Å². The minimum absolute atomic E-state index is 0.00241. The van der Waals surface area contributed by atoms with E-state index in [9.17, 15) is 0 Å². The molecule has 1 saturated heterocycles. The van der Waals surface area contributed by atoms with Gasteiger partial charge in [0.2, 0.25) is 6.29 Å². The van der Waals surface area contributed by atoms with Crippen molar-refractivity contribution in [2.24, 2.45) is 0 Å². The molecule has 1 aliphatic rings. The normalized spacial score (nSPS) is 22.4. The molecule has 0 saturated carbocycles. The van der Waals surface area contributed by atoms with Gasteiger partial charge < -0.3 is 9.47 Å². The van der Waals surface area contributed by atoms with Crippen LogP contribution in [0.25, 0.3) is 0 Å². The van der Waals surface area contributed by atoms with Crippen LogP contribution in [-0.2, 0) is 4.74 Å². The highest BCUT2D eigenvalue weighted by Crippen LogP contribution is 2.17. The van der Waals surface area contributed by atoms with Crippen molar-refractivity contribution in [1.82, 2.24) is 0 Å². The monoisotopic (exact) mass is 150 g/mol. The van der Waals surface area contributed by atoms with Crippen molar-refractivity contribution in [2.45, 2.75) is 12.7 Å². The lowest BCUT2D eigenvalue weighted by molar-refractivity contribution is -0.165. The van der Waals surface area contributed by atoms with E-state index in [-0.39, 0.29) is 6.29 Å². The maximum absolute atomic E-state index is 5.43. The quantitative estimate of drug-likeness (QED) is 0.640. The summed E-state index contributed by atoms with van der Waals surface area (Å²) in [6.45, 7) is 0.831. The van der Waals surface area contributed by atoms with Gasteiger partial charge in [-0.15, -0.1) is 0 Å². The Hall–Kier alpha value is -1.02. The first kappa shape index (κ1) is 6.68. The third-order valence-corrected chi connectivity index (χ3v) is 1.67. The third-order valence-electron chi connectivity index (χ3n) is 1.67. The molecule has 1 atom stereocenters. The van der Waals surface area contributed by atoms with Crippen LogP contribution in [0.3, 0.4) is 0 Å². The first-order chi connectivity index (χ1) is 5.45. The van der Waals surface area contributed by atoms with Crippen molar-refractivity contribution in [1.29, 1.82) is 0 Å². The van der Waals surface area contributed by atoms with Gasteiger partial charge in [-0.25, -0.2) is 0 Å². The van der Waals surface area contributed by atoms with Gasteiger partial charge in [-0.3, -0.25) is 0 Å². The first-order valence-corrected chi connectivity index (χ1v) is 3.78. The van der Waals surface area contributed by atoms with Crippen LogP contribution in [0, 0.1) is 0 Å². The van der Waals surface area contributed by atoms with Gasteiger partial charge in [-0.05, 0) is 12.1 Å². The number of hydrogen-bond acceptors (Lipinski definition) is 2. The molecule has 2 heteroatoms. The molecule has 0 radical (unpaired) electrons. The Morgan fingerprint density at radius 2 is 2.00 bits per heavy atom. The standard InChI is InChI=1S/C9H10O2/c1-2-4-8(5-3-1)11-9-6-7-10-9/h1-5,9H,6-7H2. The Balaban J connectivity index is 1.95. The second-order valence-electron chi connectivity index (χ2n) is 2.52. The van der Waals surface area contributed by atoms with E-state index in [4.69, 9.17) is 9.47 Å². The second-order valence-corrected chi connectivity index (χ2v) is 2.52. The molecule has 1 aromatic carbocycles. The van der Waals surface area contributed by atoms with Crippen LogP contribution in [-0.4, -0.2) is 12.9 Å². The van der Waals surface area contributed by atoms with E-state index in [0.717, 1.165) is 18.8 Å². The lowest BCUT2D eigenvalue weighted by atomic mass is 10.3. The van der Waals surface area contributed by atoms with Crippen molar-refractivity contribution in [2.75, 3.05) is 6.61 Å². The van der Waals surface area contributed by atoms with E-state index < -0.39 is 0 Å². The molecule has 11 heavy (non-hydrogen) atoms.